The van der Waals surface area contributed by atoms with Crippen molar-refractivity contribution >= 4 is 5.97 Å². The predicted molar refractivity (Wildman–Crippen MR) is 91.5 cm³/mol. The van der Waals surface area contributed by atoms with Crippen LogP contribution in [0.1, 0.15) is 17.2 Å². The number of hydrogen-bond donors (Lipinski definition) is 1. The maximum absolute atomic E-state index is 11.9. The molecule has 2 atom stereocenters. The molecule has 0 saturated carbocycles. The maximum atomic E-state index is 11.9. The molecule has 1 N–H and O–H groups in total. The predicted octanol–water partition coefficient (Wildman–Crippen LogP) is 4.41. The van der Waals surface area contributed by atoms with Crippen molar-refractivity contribution in [1.29, 1.82) is 0 Å². The number of benzene rings is 3. The Hall–Kier alpha value is -2.91. The van der Waals surface area contributed by atoms with Gasteiger partial charge in [0.2, 0.25) is 5.60 Å². The summed E-state index contributed by atoms with van der Waals surface area (Å²) in [5.41, 5.74) is 2.42. The quantitative estimate of drug-likeness (QED) is 0.726. The Bertz CT molecular complexity index is 857. The summed E-state index contributed by atoms with van der Waals surface area (Å²) < 4.78 is 5.68. The first-order valence-electron chi connectivity index (χ1n) is 7.84. The molecule has 0 spiro atoms. The largest absolute Gasteiger partial charge is 0.479 e. The van der Waals surface area contributed by atoms with E-state index in [-0.39, 0.29) is 0 Å². The van der Waals surface area contributed by atoms with Gasteiger partial charge in [-0.3, -0.25) is 0 Å². The molecule has 0 radical (unpaired) electrons. The molecule has 1 aliphatic rings. The van der Waals surface area contributed by atoms with E-state index in [2.05, 4.69) is 0 Å². The fourth-order valence-corrected chi connectivity index (χ4v) is 3.13. The van der Waals surface area contributed by atoms with Crippen LogP contribution < -0.4 is 0 Å². The Kier molecular flexibility index (Phi) is 3.44. The second kappa shape index (κ2) is 5.62. The van der Waals surface area contributed by atoms with E-state index in [1.807, 2.05) is 84.9 Å². The summed E-state index contributed by atoms with van der Waals surface area (Å²) in [5.74, 6) is -0.955. The summed E-state index contributed by atoms with van der Waals surface area (Å²) in [5, 5.41) is 9.75. The molecule has 0 aliphatic carbocycles. The van der Waals surface area contributed by atoms with Crippen molar-refractivity contribution in [1.82, 2.24) is 0 Å². The SMILES string of the molecule is O=C(O)C1(c2ccc(-c3ccccc3)cc2)OC1c1ccccc1. The highest BCUT2D eigenvalue weighted by Gasteiger charge is 2.65. The van der Waals surface area contributed by atoms with Gasteiger partial charge in [-0.15, -0.1) is 0 Å². The van der Waals surface area contributed by atoms with Gasteiger partial charge in [-0.1, -0.05) is 84.9 Å². The molecule has 4 rings (SSSR count). The number of aliphatic carboxylic acids is 1. The van der Waals surface area contributed by atoms with E-state index in [0.717, 1.165) is 16.7 Å². The summed E-state index contributed by atoms with van der Waals surface area (Å²) in [6.07, 6.45) is -0.446. The van der Waals surface area contributed by atoms with Gasteiger partial charge in [0.25, 0.3) is 0 Å². The monoisotopic (exact) mass is 316 g/mol. The zero-order valence-corrected chi connectivity index (χ0v) is 12.9. The molecule has 3 nitrogen and oxygen atoms in total. The molecule has 3 aromatic carbocycles. The van der Waals surface area contributed by atoms with Gasteiger partial charge in [0.05, 0.1) is 0 Å². The molecule has 3 heteroatoms. The number of ether oxygens (including phenoxy) is 1. The van der Waals surface area contributed by atoms with Crippen molar-refractivity contribution in [3.8, 4) is 11.1 Å². The highest BCUT2D eigenvalue weighted by atomic mass is 16.6. The van der Waals surface area contributed by atoms with Crippen molar-refractivity contribution in [3.63, 3.8) is 0 Å². The third-order valence-corrected chi connectivity index (χ3v) is 4.46. The van der Waals surface area contributed by atoms with Crippen molar-refractivity contribution in [2.24, 2.45) is 0 Å². The lowest BCUT2D eigenvalue weighted by atomic mass is 9.90. The second-order valence-electron chi connectivity index (χ2n) is 5.89. The topological polar surface area (TPSA) is 49.8 Å². The fourth-order valence-electron chi connectivity index (χ4n) is 3.13. The zero-order valence-electron chi connectivity index (χ0n) is 12.9. The van der Waals surface area contributed by atoms with Crippen LogP contribution in [0.5, 0.6) is 0 Å². The van der Waals surface area contributed by atoms with Crippen LogP contribution in [-0.2, 0) is 15.1 Å². The van der Waals surface area contributed by atoms with Crippen molar-refractivity contribution in [3.05, 3.63) is 96.1 Å². The molecule has 1 aliphatic heterocycles. The minimum absolute atomic E-state index is 0.446. The summed E-state index contributed by atoms with van der Waals surface area (Å²) in [4.78, 5) is 11.9. The Morgan fingerprint density at radius 1 is 0.792 bits per heavy atom. The lowest BCUT2D eigenvalue weighted by molar-refractivity contribution is -0.143. The van der Waals surface area contributed by atoms with Crippen molar-refractivity contribution in [2.45, 2.75) is 11.7 Å². The Balaban J connectivity index is 1.68. The molecule has 0 bridgehead atoms. The van der Waals surface area contributed by atoms with E-state index in [0.29, 0.717) is 5.56 Å². The number of epoxide rings is 1. The normalized spacial score (nSPS) is 22.1. The van der Waals surface area contributed by atoms with E-state index < -0.39 is 17.7 Å². The van der Waals surface area contributed by atoms with Gasteiger partial charge in [0.15, 0.2) is 0 Å². The Morgan fingerprint density at radius 2 is 1.33 bits per heavy atom. The number of carboxylic acid groups (broad SMARTS) is 1. The van der Waals surface area contributed by atoms with E-state index in [4.69, 9.17) is 4.74 Å². The number of hydrogen-bond acceptors (Lipinski definition) is 2. The summed E-state index contributed by atoms with van der Waals surface area (Å²) in [6, 6.07) is 27.1. The zero-order chi connectivity index (χ0) is 16.6. The highest BCUT2D eigenvalue weighted by molar-refractivity contribution is 5.84. The van der Waals surface area contributed by atoms with E-state index in [1.165, 1.54) is 0 Å². The van der Waals surface area contributed by atoms with E-state index >= 15 is 0 Å². The van der Waals surface area contributed by atoms with Crippen LogP contribution in [0.25, 0.3) is 11.1 Å². The van der Waals surface area contributed by atoms with Crippen LogP contribution in [0, 0.1) is 0 Å². The molecule has 3 aromatic rings. The Labute approximate surface area is 140 Å². The average Bonchev–Trinajstić information content (AvgIpc) is 3.41. The van der Waals surface area contributed by atoms with Crippen LogP contribution in [-0.4, -0.2) is 11.1 Å². The lowest BCUT2D eigenvalue weighted by Gasteiger charge is -2.10. The molecule has 2 unspecified atom stereocenters. The minimum atomic E-state index is -1.28. The van der Waals surface area contributed by atoms with E-state index in [1.54, 1.807) is 0 Å². The van der Waals surface area contributed by atoms with E-state index in [9.17, 15) is 9.90 Å². The second-order valence-corrected chi connectivity index (χ2v) is 5.89. The van der Waals surface area contributed by atoms with Crippen molar-refractivity contribution < 1.29 is 14.6 Å². The van der Waals surface area contributed by atoms with Gasteiger partial charge in [-0.2, -0.15) is 0 Å². The molecule has 0 aromatic heterocycles. The van der Waals surface area contributed by atoms with Crippen LogP contribution in [0.15, 0.2) is 84.9 Å². The van der Waals surface area contributed by atoms with Gasteiger partial charge in [0, 0.05) is 0 Å². The standard InChI is InChI=1S/C21H16O3/c22-20(23)21(19(24-21)17-9-5-2-6-10-17)18-13-11-16(12-14-18)15-7-3-1-4-8-15/h1-14,19H,(H,22,23). The van der Waals surface area contributed by atoms with Crippen LogP contribution in [0.3, 0.4) is 0 Å². The van der Waals surface area contributed by atoms with Gasteiger partial charge >= 0.3 is 5.97 Å². The lowest BCUT2D eigenvalue weighted by Crippen LogP contribution is -2.22. The van der Waals surface area contributed by atoms with Gasteiger partial charge < -0.3 is 9.84 Å². The number of rotatable bonds is 4. The third kappa shape index (κ3) is 2.30. The smallest absolute Gasteiger partial charge is 0.343 e. The van der Waals surface area contributed by atoms with Crippen LogP contribution in [0.2, 0.25) is 0 Å². The third-order valence-electron chi connectivity index (χ3n) is 4.46. The maximum Gasteiger partial charge on any atom is 0.343 e. The molecule has 1 fully saturated rings. The van der Waals surface area contributed by atoms with Gasteiger partial charge in [-0.25, -0.2) is 4.79 Å². The fraction of sp³-hybridized carbons (Fsp3) is 0.0952. The molecule has 118 valence electrons. The number of carboxylic acids is 1. The van der Waals surface area contributed by atoms with Gasteiger partial charge in [0.1, 0.15) is 6.10 Å². The summed E-state index contributed by atoms with van der Waals surface area (Å²) in [7, 11) is 0. The average molecular weight is 316 g/mol. The van der Waals surface area contributed by atoms with Crippen molar-refractivity contribution in [2.75, 3.05) is 0 Å². The highest BCUT2D eigenvalue weighted by Crippen LogP contribution is 2.57. The molecular formula is C21H16O3. The molecule has 24 heavy (non-hydrogen) atoms. The van der Waals surface area contributed by atoms with Gasteiger partial charge in [-0.05, 0) is 22.3 Å². The van der Waals surface area contributed by atoms with Crippen LogP contribution >= 0.6 is 0 Å². The molecular weight excluding hydrogens is 300 g/mol. The first-order valence-corrected chi connectivity index (χ1v) is 7.84. The first-order chi connectivity index (χ1) is 11.7. The Morgan fingerprint density at radius 3 is 1.92 bits per heavy atom. The minimum Gasteiger partial charge on any atom is -0.479 e. The van der Waals surface area contributed by atoms with Crippen LogP contribution in [0.4, 0.5) is 0 Å². The first kappa shape index (κ1) is 14.7. The number of carbonyl (C=O) groups is 1. The molecule has 1 saturated heterocycles. The molecule has 0 amide bonds. The summed E-state index contributed by atoms with van der Waals surface area (Å²) >= 11 is 0. The molecule has 1 heterocycles. The summed E-state index contributed by atoms with van der Waals surface area (Å²) in [6.45, 7) is 0.